The van der Waals surface area contributed by atoms with Gasteiger partial charge in [-0.3, -0.25) is 10.0 Å². The number of rotatable bonds is 2. The molecule has 0 bridgehead atoms. The largest absolute Gasteiger partial charge is 0.392 e. The second-order valence-electron chi connectivity index (χ2n) is 2.18. The SMILES string of the molecule is CC(CC(=O)NO)C(F)(F)F. The molecular formula is C5H8F3NO2. The number of alkyl halides is 3. The van der Waals surface area contributed by atoms with Gasteiger partial charge in [-0.1, -0.05) is 6.92 Å². The predicted octanol–water partition coefficient (Wildman–Crippen LogP) is 1.08. The van der Waals surface area contributed by atoms with E-state index in [1.807, 2.05) is 0 Å². The third-order valence-electron chi connectivity index (χ3n) is 1.18. The summed E-state index contributed by atoms with van der Waals surface area (Å²) in [4.78, 5) is 10.2. The molecule has 66 valence electrons. The highest BCUT2D eigenvalue weighted by atomic mass is 19.4. The van der Waals surface area contributed by atoms with Gasteiger partial charge in [0.2, 0.25) is 5.91 Å². The lowest BCUT2D eigenvalue weighted by Crippen LogP contribution is -2.28. The minimum absolute atomic E-state index is 0.750. The molecule has 0 aliphatic heterocycles. The molecule has 1 unspecified atom stereocenters. The van der Waals surface area contributed by atoms with E-state index in [0.29, 0.717) is 0 Å². The molecule has 0 fully saturated rings. The van der Waals surface area contributed by atoms with Gasteiger partial charge in [-0.25, -0.2) is 5.48 Å². The molecule has 0 spiro atoms. The van der Waals surface area contributed by atoms with E-state index in [2.05, 4.69) is 0 Å². The molecule has 0 radical (unpaired) electrons. The summed E-state index contributed by atoms with van der Waals surface area (Å²) in [5.74, 6) is -2.76. The van der Waals surface area contributed by atoms with Gasteiger partial charge in [0, 0.05) is 6.42 Å². The average molecular weight is 171 g/mol. The van der Waals surface area contributed by atoms with Crippen LogP contribution in [0.1, 0.15) is 13.3 Å². The molecule has 0 aromatic rings. The highest BCUT2D eigenvalue weighted by Crippen LogP contribution is 2.27. The summed E-state index contributed by atoms with van der Waals surface area (Å²) in [5, 5.41) is 7.88. The van der Waals surface area contributed by atoms with Gasteiger partial charge in [-0.05, 0) is 0 Å². The molecule has 11 heavy (non-hydrogen) atoms. The predicted molar refractivity (Wildman–Crippen MR) is 29.8 cm³/mol. The lowest BCUT2D eigenvalue weighted by atomic mass is 10.1. The molecular weight excluding hydrogens is 163 g/mol. The smallest absolute Gasteiger partial charge is 0.289 e. The molecule has 2 N–H and O–H groups in total. The molecule has 3 nitrogen and oxygen atoms in total. The molecule has 0 aliphatic rings. The van der Waals surface area contributed by atoms with Crippen LogP contribution < -0.4 is 5.48 Å². The van der Waals surface area contributed by atoms with Gasteiger partial charge < -0.3 is 0 Å². The monoisotopic (exact) mass is 171 g/mol. The second-order valence-corrected chi connectivity index (χ2v) is 2.18. The molecule has 1 amide bonds. The molecule has 6 heteroatoms. The van der Waals surface area contributed by atoms with E-state index in [9.17, 15) is 18.0 Å². The van der Waals surface area contributed by atoms with Crippen molar-refractivity contribution in [3.8, 4) is 0 Å². The highest BCUT2D eigenvalue weighted by molar-refractivity contribution is 5.74. The van der Waals surface area contributed by atoms with Crippen LogP contribution in [0.3, 0.4) is 0 Å². The molecule has 0 rings (SSSR count). The van der Waals surface area contributed by atoms with Crippen LogP contribution in [0.15, 0.2) is 0 Å². The van der Waals surface area contributed by atoms with Crippen LogP contribution in [0.2, 0.25) is 0 Å². The Bertz CT molecular complexity index is 145. The first-order valence-corrected chi connectivity index (χ1v) is 2.87. The van der Waals surface area contributed by atoms with Crippen molar-refractivity contribution in [1.29, 1.82) is 0 Å². The first kappa shape index (κ1) is 10.2. The highest BCUT2D eigenvalue weighted by Gasteiger charge is 2.36. The maximum absolute atomic E-state index is 11.7. The quantitative estimate of drug-likeness (QED) is 0.482. The standard InChI is InChI=1S/C5H8F3NO2/c1-3(5(6,7)8)2-4(10)9-11/h3,11H,2H2,1H3,(H,9,10). The molecule has 1 atom stereocenters. The van der Waals surface area contributed by atoms with E-state index in [-0.39, 0.29) is 0 Å². The van der Waals surface area contributed by atoms with Crippen LogP contribution in [-0.2, 0) is 4.79 Å². The fourth-order valence-electron chi connectivity index (χ4n) is 0.439. The maximum atomic E-state index is 11.7. The van der Waals surface area contributed by atoms with Crippen molar-refractivity contribution in [2.75, 3.05) is 0 Å². The van der Waals surface area contributed by atoms with Gasteiger partial charge in [0.25, 0.3) is 0 Å². The molecule has 0 saturated carbocycles. The van der Waals surface area contributed by atoms with Crippen molar-refractivity contribution in [3.63, 3.8) is 0 Å². The first-order chi connectivity index (χ1) is 4.88. The molecule has 0 aromatic heterocycles. The number of hydrogen-bond acceptors (Lipinski definition) is 2. The second kappa shape index (κ2) is 3.56. The Labute approximate surface area is 61.2 Å². The van der Waals surface area contributed by atoms with E-state index >= 15 is 0 Å². The molecule has 0 saturated heterocycles. The Hall–Kier alpha value is -0.780. The lowest BCUT2D eigenvalue weighted by Gasteiger charge is -2.13. The van der Waals surface area contributed by atoms with Gasteiger partial charge in [-0.2, -0.15) is 13.2 Å². The Morgan fingerprint density at radius 3 is 2.36 bits per heavy atom. The summed E-state index contributed by atoms with van der Waals surface area (Å²) in [6, 6.07) is 0. The minimum Gasteiger partial charge on any atom is -0.289 e. The van der Waals surface area contributed by atoms with Crippen LogP contribution in [0, 0.1) is 5.92 Å². The summed E-state index contributed by atoms with van der Waals surface area (Å²) in [5.41, 5.74) is 1.13. The number of hydroxylamine groups is 1. The van der Waals surface area contributed by atoms with E-state index in [1.165, 1.54) is 0 Å². The van der Waals surface area contributed by atoms with Gasteiger partial charge >= 0.3 is 6.18 Å². The normalized spacial score (nSPS) is 14.3. The van der Waals surface area contributed by atoms with Crippen LogP contribution in [-0.4, -0.2) is 17.3 Å². The molecule has 0 aliphatic carbocycles. The third-order valence-corrected chi connectivity index (χ3v) is 1.18. The van der Waals surface area contributed by atoms with Crippen LogP contribution >= 0.6 is 0 Å². The Balaban J connectivity index is 3.87. The number of carbonyl (C=O) groups excluding carboxylic acids is 1. The number of halogens is 3. The zero-order valence-corrected chi connectivity index (χ0v) is 5.77. The van der Waals surface area contributed by atoms with Crippen molar-refractivity contribution >= 4 is 5.91 Å². The average Bonchev–Trinajstić information content (AvgIpc) is 1.85. The van der Waals surface area contributed by atoms with Gasteiger partial charge in [0.15, 0.2) is 0 Å². The van der Waals surface area contributed by atoms with Gasteiger partial charge in [0.1, 0.15) is 0 Å². The molecule has 0 heterocycles. The Morgan fingerprint density at radius 2 is 2.09 bits per heavy atom. The fourth-order valence-corrected chi connectivity index (χ4v) is 0.439. The summed E-state index contributed by atoms with van der Waals surface area (Å²) in [6.07, 6.45) is -5.13. The van der Waals surface area contributed by atoms with Crippen molar-refractivity contribution in [2.45, 2.75) is 19.5 Å². The van der Waals surface area contributed by atoms with Crippen molar-refractivity contribution in [1.82, 2.24) is 5.48 Å². The maximum Gasteiger partial charge on any atom is 0.392 e. The fraction of sp³-hybridized carbons (Fsp3) is 0.800. The summed E-state index contributed by atoms with van der Waals surface area (Å²) in [7, 11) is 0. The third kappa shape index (κ3) is 3.82. The zero-order valence-electron chi connectivity index (χ0n) is 5.77. The Kier molecular flexibility index (Phi) is 3.31. The first-order valence-electron chi connectivity index (χ1n) is 2.87. The lowest BCUT2D eigenvalue weighted by molar-refractivity contribution is -0.175. The number of amides is 1. The zero-order chi connectivity index (χ0) is 9.07. The van der Waals surface area contributed by atoms with E-state index in [1.54, 1.807) is 0 Å². The van der Waals surface area contributed by atoms with Crippen LogP contribution in [0.25, 0.3) is 0 Å². The van der Waals surface area contributed by atoms with Crippen LogP contribution in [0.4, 0.5) is 13.2 Å². The number of carbonyl (C=O) groups is 1. The topological polar surface area (TPSA) is 49.3 Å². The van der Waals surface area contributed by atoms with Crippen molar-refractivity contribution < 1.29 is 23.2 Å². The van der Waals surface area contributed by atoms with E-state index in [0.717, 1.165) is 12.4 Å². The van der Waals surface area contributed by atoms with Gasteiger partial charge in [0.05, 0.1) is 5.92 Å². The van der Waals surface area contributed by atoms with Crippen LogP contribution in [0.5, 0.6) is 0 Å². The summed E-state index contributed by atoms with van der Waals surface area (Å²) in [6.45, 7) is 0.870. The van der Waals surface area contributed by atoms with Gasteiger partial charge in [-0.15, -0.1) is 0 Å². The van der Waals surface area contributed by atoms with Crippen molar-refractivity contribution in [3.05, 3.63) is 0 Å². The van der Waals surface area contributed by atoms with Crippen molar-refractivity contribution in [2.24, 2.45) is 5.92 Å². The summed E-state index contributed by atoms with van der Waals surface area (Å²) < 4.78 is 35.1. The van der Waals surface area contributed by atoms with E-state index < -0.39 is 24.4 Å². The Morgan fingerprint density at radius 1 is 1.64 bits per heavy atom. The molecule has 0 aromatic carbocycles. The minimum atomic E-state index is -4.38. The number of hydrogen-bond donors (Lipinski definition) is 2. The number of nitrogens with one attached hydrogen (secondary N) is 1. The summed E-state index contributed by atoms with van der Waals surface area (Å²) >= 11 is 0. The van der Waals surface area contributed by atoms with E-state index in [4.69, 9.17) is 5.21 Å².